The van der Waals surface area contributed by atoms with Gasteiger partial charge in [-0.05, 0) is 55.9 Å². The zero-order valence-corrected chi connectivity index (χ0v) is 8.48. The SMILES string of the molecule is Cc1cc2c(cc1C)NCCCC2. The Kier molecular flexibility index (Phi) is 2.26. The number of hydrogen-bond acceptors (Lipinski definition) is 1. The van der Waals surface area contributed by atoms with E-state index < -0.39 is 0 Å². The molecular formula is C12H17N. The third kappa shape index (κ3) is 1.69. The van der Waals surface area contributed by atoms with Gasteiger partial charge in [0.05, 0.1) is 0 Å². The van der Waals surface area contributed by atoms with Gasteiger partial charge in [0, 0.05) is 12.2 Å². The fourth-order valence-electron chi connectivity index (χ4n) is 1.91. The van der Waals surface area contributed by atoms with Crippen LogP contribution in [-0.2, 0) is 6.42 Å². The molecule has 0 amide bonds. The summed E-state index contributed by atoms with van der Waals surface area (Å²) in [5, 5.41) is 3.49. The Hall–Kier alpha value is -0.980. The fraction of sp³-hybridized carbons (Fsp3) is 0.500. The number of rotatable bonds is 0. The van der Waals surface area contributed by atoms with Crippen LogP contribution in [-0.4, -0.2) is 6.54 Å². The Bertz CT molecular complexity index is 284. The van der Waals surface area contributed by atoms with Crippen molar-refractivity contribution in [2.24, 2.45) is 0 Å². The Labute approximate surface area is 80.2 Å². The molecule has 0 unspecified atom stereocenters. The normalized spacial score (nSPS) is 15.8. The van der Waals surface area contributed by atoms with Crippen LogP contribution in [0.1, 0.15) is 29.5 Å². The molecule has 1 aromatic carbocycles. The van der Waals surface area contributed by atoms with E-state index in [4.69, 9.17) is 0 Å². The van der Waals surface area contributed by atoms with E-state index in [0.717, 1.165) is 6.54 Å². The van der Waals surface area contributed by atoms with Crippen molar-refractivity contribution in [3.05, 3.63) is 28.8 Å². The fourth-order valence-corrected chi connectivity index (χ4v) is 1.91. The topological polar surface area (TPSA) is 12.0 Å². The van der Waals surface area contributed by atoms with E-state index >= 15 is 0 Å². The molecule has 1 aliphatic heterocycles. The van der Waals surface area contributed by atoms with Crippen molar-refractivity contribution < 1.29 is 0 Å². The van der Waals surface area contributed by atoms with Gasteiger partial charge >= 0.3 is 0 Å². The predicted octanol–water partition coefficient (Wildman–Crippen LogP) is 3.05. The van der Waals surface area contributed by atoms with Crippen molar-refractivity contribution in [1.82, 2.24) is 0 Å². The van der Waals surface area contributed by atoms with Crippen LogP contribution in [0.25, 0.3) is 0 Å². The molecule has 0 saturated heterocycles. The van der Waals surface area contributed by atoms with Crippen LogP contribution in [0.15, 0.2) is 12.1 Å². The summed E-state index contributed by atoms with van der Waals surface area (Å²) in [6.45, 7) is 5.51. The smallest absolute Gasteiger partial charge is 0.0375 e. The van der Waals surface area contributed by atoms with Gasteiger partial charge < -0.3 is 5.32 Å². The Morgan fingerprint density at radius 3 is 2.69 bits per heavy atom. The minimum Gasteiger partial charge on any atom is -0.385 e. The molecule has 1 heteroatoms. The molecule has 0 aromatic heterocycles. The van der Waals surface area contributed by atoms with Crippen molar-refractivity contribution >= 4 is 5.69 Å². The summed E-state index contributed by atoms with van der Waals surface area (Å²) in [7, 11) is 0. The molecule has 0 aliphatic carbocycles. The van der Waals surface area contributed by atoms with E-state index in [0.29, 0.717) is 0 Å². The van der Waals surface area contributed by atoms with E-state index in [1.807, 2.05) is 0 Å². The lowest BCUT2D eigenvalue weighted by Gasteiger charge is -2.10. The zero-order chi connectivity index (χ0) is 9.26. The maximum Gasteiger partial charge on any atom is 0.0375 e. The number of anilines is 1. The second kappa shape index (κ2) is 3.41. The van der Waals surface area contributed by atoms with E-state index in [2.05, 4.69) is 31.3 Å². The molecule has 0 spiro atoms. The van der Waals surface area contributed by atoms with Crippen molar-refractivity contribution in [3.63, 3.8) is 0 Å². The molecule has 0 radical (unpaired) electrons. The highest BCUT2D eigenvalue weighted by molar-refractivity contribution is 5.56. The summed E-state index contributed by atoms with van der Waals surface area (Å²) in [4.78, 5) is 0. The summed E-state index contributed by atoms with van der Waals surface area (Å²) in [6, 6.07) is 4.62. The molecule has 1 aliphatic rings. The van der Waals surface area contributed by atoms with Crippen molar-refractivity contribution in [1.29, 1.82) is 0 Å². The van der Waals surface area contributed by atoms with E-state index in [-0.39, 0.29) is 0 Å². The Balaban J connectivity index is 2.43. The van der Waals surface area contributed by atoms with Gasteiger partial charge in [0.1, 0.15) is 0 Å². The highest BCUT2D eigenvalue weighted by atomic mass is 14.9. The number of aryl methyl sites for hydroxylation is 3. The van der Waals surface area contributed by atoms with Gasteiger partial charge in [-0.2, -0.15) is 0 Å². The first-order valence-electron chi connectivity index (χ1n) is 5.11. The number of hydrogen-bond donors (Lipinski definition) is 1. The summed E-state index contributed by atoms with van der Waals surface area (Å²) in [6.07, 6.45) is 3.86. The minimum absolute atomic E-state index is 1.13. The minimum atomic E-state index is 1.13. The highest BCUT2D eigenvalue weighted by Crippen LogP contribution is 2.24. The molecule has 0 saturated carbocycles. The predicted molar refractivity (Wildman–Crippen MR) is 57.3 cm³/mol. The molecule has 0 fully saturated rings. The standard InChI is InChI=1S/C12H17N/c1-9-7-11-5-3-4-6-13-12(11)8-10(9)2/h7-8,13H,3-6H2,1-2H3. The molecule has 1 nitrogen and oxygen atoms in total. The first-order chi connectivity index (χ1) is 6.27. The van der Waals surface area contributed by atoms with Gasteiger partial charge in [-0.15, -0.1) is 0 Å². The van der Waals surface area contributed by atoms with Crippen LogP contribution in [0.3, 0.4) is 0 Å². The van der Waals surface area contributed by atoms with Gasteiger partial charge in [-0.3, -0.25) is 0 Å². The molecule has 1 N–H and O–H groups in total. The maximum absolute atomic E-state index is 3.49. The number of nitrogens with one attached hydrogen (secondary N) is 1. The summed E-state index contributed by atoms with van der Waals surface area (Å²) >= 11 is 0. The number of benzene rings is 1. The van der Waals surface area contributed by atoms with E-state index in [1.165, 1.54) is 41.6 Å². The van der Waals surface area contributed by atoms with Gasteiger partial charge in [0.15, 0.2) is 0 Å². The van der Waals surface area contributed by atoms with Crippen LogP contribution in [0.5, 0.6) is 0 Å². The quantitative estimate of drug-likeness (QED) is 0.639. The van der Waals surface area contributed by atoms with E-state index in [9.17, 15) is 0 Å². The maximum atomic E-state index is 3.49. The van der Waals surface area contributed by atoms with Crippen LogP contribution >= 0.6 is 0 Å². The summed E-state index contributed by atoms with van der Waals surface area (Å²) < 4.78 is 0. The average Bonchev–Trinajstić information content (AvgIpc) is 2.31. The number of fused-ring (bicyclic) bond motifs is 1. The molecular weight excluding hydrogens is 158 g/mol. The lowest BCUT2D eigenvalue weighted by molar-refractivity contribution is 0.785. The van der Waals surface area contributed by atoms with E-state index in [1.54, 1.807) is 0 Å². The van der Waals surface area contributed by atoms with Crippen LogP contribution in [0.4, 0.5) is 5.69 Å². The molecule has 70 valence electrons. The molecule has 1 aromatic rings. The van der Waals surface area contributed by atoms with Crippen LogP contribution < -0.4 is 5.32 Å². The second-order valence-electron chi connectivity index (χ2n) is 3.98. The lowest BCUT2D eigenvalue weighted by atomic mass is 10.0. The zero-order valence-electron chi connectivity index (χ0n) is 8.48. The highest BCUT2D eigenvalue weighted by Gasteiger charge is 2.07. The monoisotopic (exact) mass is 175 g/mol. The first kappa shape index (κ1) is 8.61. The lowest BCUT2D eigenvalue weighted by Crippen LogP contribution is -2.00. The second-order valence-corrected chi connectivity index (χ2v) is 3.98. The molecule has 13 heavy (non-hydrogen) atoms. The van der Waals surface area contributed by atoms with Gasteiger partial charge in [0.2, 0.25) is 0 Å². The van der Waals surface area contributed by atoms with Crippen molar-refractivity contribution in [3.8, 4) is 0 Å². The summed E-state index contributed by atoms with van der Waals surface area (Å²) in [5.74, 6) is 0. The Morgan fingerprint density at radius 2 is 1.85 bits per heavy atom. The third-order valence-corrected chi connectivity index (χ3v) is 2.91. The first-order valence-corrected chi connectivity index (χ1v) is 5.11. The largest absolute Gasteiger partial charge is 0.385 e. The molecule has 0 bridgehead atoms. The molecule has 1 heterocycles. The van der Waals surface area contributed by atoms with Crippen molar-refractivity contribution in [2.45, 2.75) is 33.1 Å². The van der Waals surface area contributed by atoms with Crippen molar-refractivity contribution in [2.75, 3.05) is 11.9 Å². The average molecular weight is 175 g/mol. The Morgan fingerprint density at radius 1 is 1.08 bits per heavy atom. The molecule has 0 atom stereocenters. The van der Waals surface area contributed by atoms with Gasteiger partial charge in [-0.1, -0.05) is 6.07 Å². The van der Waals surface area contributed by atoms with Gasteiger partial charge in [0.25, 0.3) is 0 Å². The third-order valence-electron chi connectivity index (χ3n) is 2.91. The molecule has 2 rings (SSSR count). The van der Waals surface area contributed by atoms with Crippen LogP contribution in [0.2, 0.25) is 0 Å². The van der Waals surface area contributed by atoms with Gasteiger partial charge in [-0.25, -0.2) is 0 Å². The summed E-state index contributed by atoms with van der Waals surface area (Å²) in [5.41, 5.74) is 5.68. The van der Waals surface area contributed by atoms with Crippen LogP contribution in [0, 0.1) is 13.8 Å².